The van der Waals surface area contributed by atoms with Crippen molar-refractivity contribution in [1.29, 1.82) is 0 Å². The highest BCUT2D eigenvalue weighted by Gasteiger charge is 2.20. The Bertz CT molecular complexity index is 662. The predicted molar refractivity (Wildman–Crippen MR) is 79.8 cm³/mol. The number of carbonyl (C=O) groups is 1. The Morgan fingerprint density at radius 3 is 3.09 bits per heavy atom. The van der Waals surface area contributed by atoms with Crippen LogP contribution in [-0.4, -0.2) is 56.6 Å². The molecule has 0 radical (unpaired) electrons. The summed E-state index contributed by atoms with van der Waals surface area (Å²) in [4.78, 5) is 19.9. The fraction of sp³-hybridized carbons (Fsp3) is 0.538. The van der Waals surface area contributed by atoms with Gasteiger partial charge in [-0.25, -0.2) is 14.6 Å². The van der Waals surface area contributed by atoms with Gasteiger partial charge < -0.3 is 15.2 Å². The van der Waals surface area contributed by atoms with Crippen molar-refractivity contribution in [3.63, 3.8) is 0 Å². The van der Waals surface area contributed by atoms with Crippen molar-refractivity contribution in [3.05, 3.63) is 16.2 Å². The third kappa shape index (κ3) is 3.49. The number of hydrogen-bond donors (Lipinski definition) is 2. The summed E-state index contributed by atoms with van der Waals surface area (Å²) < 4.78 is 6.86. The first kappa shape index (κ1) is 15.1. The number of carboxylic acid groups (broad SMARTS) is 1. The lowest BCUT2D eigenvalue weighted by Crippen LogP contribution is -2.43. The van der Waals surface area contributed by atoms with Crippen LogP contribution in [0.15, 0.2) is 5.38 Å². The molecule has 1 saturated heterocycles. The summed E-state index contributed by atoms with van der Waals surface area (Å²) in [7, 11) is 0. The van der Waals surface area contributed by atoms with E-state index in [9.17, 15) is 4.79 Å². The van der Waals surface area contributed by atoms with Gasteiger partial charge in [0.1, 0.15) is 18.1 Å². The van der Waals surface area contributed by atoms with Crippen LogP contribution < -0.4 is 5.32 Å². The standard InChI is InChI=1S/C13H17N5O3S/c1-8-15-10(7-22-8)13-16-11(18(17-13)5-12(19)20)4-9-6-21-3-2-14-9/h7,9,14H,2-6H2,1H3,(H,19,20)/t9-/m1/s1. The molecule has 1 aliphatic rings. The molecule has 0 unspecified atom stereocenters. The number of morpholine rings is 1. The van der Waals surface area contributed by atoms with Crippen LogP contribution in [0.1, 0.15) is 10.8 Å². The molecular weight excluding hydrogens is 306 g/mol. The Morgan fingerprint density at radius 1 is 1.59 bits per heavy atom. The van der Waals surface area contributed by atoms with Crippen LogP contribution in [0.5, 0.6) is 0 Å². The number of hydrogen-bond acceptors (Lipinski definition) is 7. The number of nitrogens with one attached hydrogen (secondary N) is 1. The van der Waals surface area contributed by atoms with Gasteiger partial charge in [-0.15, -0.1) is 16.4 Å². The number of aryl methyl sites for hydroxylation is 1. The maximum atomic E-state index is 11.0. The van der Waals surface area contributed by atoms with Gasteiger partial charge in [-0.1, -0.05) is 0 Å². The minimum atomic E-state index is -0.944. The molecule has 22 heavy (non-hydrogen) atoms. The van der Waals surface area contributed by atoms with Crippen LogP contribution in [-0.2, 0) is 22.5 Å². The number of ether oxygens (including phenoxy) is 1. The summed E-state index contributed by atoms with van der Waals surface area (Å²) in [6.07, 6.45) is 0.573. The molecular formula is C13H17N5O3S. The van der Waals surface area contributed by atoms with E-state index in [-0.39, 0.29) is 12.6 Å². The summed E-state index contributed by atoms with van der Waals surface area (Å²) in [6.45, 7) is 3.77. The topological polar surface area (TPSA) is 102 Å². The van der Waals surface area contributed by atoms with E-state index in [1.54, 1.807) is 0 Å². The van der Waals surface area contributed by atoms with Gasteiger partial charge in [0.05, 0.1) is 18.2 Å². The number of rotatable bonds is 5. The Morgan fingerprint density at radius 2 is 2.45 bits per heavy atom. The van der Waals surface area contributed by atoms with Crippen molar-refractivity contribution in [3.8, 4) is 11.5 Å². The predicted octanol–water partition coefficient (Wildman–Crippen LogP) is 0.326. The molecule has 118 valence electrons. The van der Waals surface area contributed by atoms with Crippen LogP contribution in [0, 0.1) is 6.92 Å². The molecule has 3 heterocycles. The van der Waals surface area contributed by atoms with E-state index in [1.165, 1.54) is 16.0 Å². The van der Waals surface area contributed by atoms with Gasteiger partial charge in [0.2, 0.25) is 5.82 Å². The van der Waals surface area contributed by atoms with Crippen molar-refractivity contribution in [2.24, 2.45) is 0 Å². The molecule has 1 aliphatic heterocycles. The zero-order valence-electron chi connectivity index (χ0n) is 12.2. The van der Waals surface area contributed by atoms with Crippen LogP contribution in [0.2, 0.25) is 0 Å². The van der Waals surface area contributed by atoms with Gasteiger partial charge in [0, 0.05) is 24.4 Å². The molecule has 0 amide bonds. The summed E-state index contributed by atoms with van der Waals surface area (Å²) in [5.41, 5.74) is 0.681. The van der Waals surface area contributed by atoms with Crippen LogP contribution in [0.25, 0.3) is 11.5 Å². The summed E-state index contributed by atoms with van der Waals surface area (Å²) in [5.74, 6) is 0.156. The molecule has 3 rings (SSSR count). The van der Waals surface area contributed by atoms with Crippen molar-refractivity contribution in [2.75, 3.05) is 19.8 Å². The van der Waals surface area contributed by atoms with Gasteiger partial charge in [-0.05, 0) is 6.92 Å². The number of aromatic nitrogens is 4. The smallest absolute Gasteiger partial charge is 0.325 e. The molecule has 0 aromatic carbocycles. The second-order valence-corrected chi connectivity index (χ2v) is 6.15. The lowest BCUT2D eigenvalue weighted by molar-refractivity contribution is -0.137. The van der Waals surface area contributed by atoms with E-state index in [1.807, 2.05) is 12.3 Å². The first-order valence-electron chi connectivity index (χ1n) is 7.01. The third-order valence-electron chi connectivity index (χ3n) is 3.31. The second kappa shape index (κ2) is 6.51. The van der Waals surface area contributed by atoms with E-state index in [0.717, 1.165) is 11.6 Å². The van der Waals surface area contributed by atoms with Crippen molar-refractivity contribution < 1.29 is 14.6 Å². The molecule has 1 fully saturated rings. The minimum Gasteiger partial charge on any atom is -0.480 e. The van der Waals surface area contributed by atoms with E-state index < -0.39 is 5.97 Å². The molecule has 2 aromatic heterocycles. The van der Waals surface area contributed by atoms with Crippen molar-refractivity contribution in [2.45, 2.75) is 25.9 Å². The van der Waals surface area contributed by atoms with Crippen LogP contribution in [0.3, 0.4) is 0 Å². The SMILES string of the molecule is Cc1nc(-c2nc(C[C@@H]3COCCN3)n(CC(=O)O)n2)cs1. The quantitative estimate of drug-likeness (QED) is 0.817. The average Bonchev–Trinajstić information content (AvgIpc) is 3.07. The molecule has 9 heteroatoms. The van der Waals surface area contributed by atoms with E-state index >= 15 is 0 Å². The van der Waals surface area contributed by atoms with Crippen molar-refractivity contribution in [1.82, 2.24) is 25.1 Å². The lowest BCUT2D eigenvalue weighted by Gasteiger charge is -2.23. The first-order chi connectivity index (χ1) is 10.6. The number of aliphatic carboxylic acids is 1. The van der Waals surface area contributed by atoms with E-state index in [4.69, 9.17) is 9.84 Å². The largest absolute Gasteiger partial charge is 0.480 e. The number of carboxylic acids is 1. The third-order valence-corrected chi connectivity index (χ3v) is 4.08. The van der Waals surface area contributed by atoms with Gasteiger partial charge in [0.15, 0.2) is 0 Å². The van der Waals surface area contributed by atoms with Gasteiger partial charge in [-0.2, -0.15) is 0 Å². The highest BCUT2D eigenvalue weighted by atomic mass is 32.1. The average molecular weight is 323 g/mol. The highest BCUT2D eigenvalue weighted by Crippen LogP contribution is 2.19. The summed E-state index contributed by atoms with van der Waals surface area (Å²) in [6, 6.07) is 0.121. The zero-order chi connectivity index (χ0) is 15.5. The summed E-state index contributed by atoms with van der Waals surface area (Å²) in [5, 5.41) is 19.5. The van der Waals surface area contributed by atoms with E-state index in [0.29, 0.717) is 37.0 Å². The minimum absolute atomic E-state index is 0.121. The molecule has 0 bridgehead atoms. The molecule has 8 nitrogen and oxygen atoms in total. The Kier molecular flexibility index (Phi) is 4.46. The molecule has 2 aromatic rings. The fourth-order valence-corrected chi connectivity index (χ4v) is 2.92. The highest BCUT2D eigenvalue weighted by molar-refractivity contribution is 7.09. The molecule has 0 spiro atoms. The maximum absolute atomic E-state index is 11.0. The summed E-state index contributed by atoms with van der Waals surface area (Å²) >= 11 is 1.51. The monoisotopic (exact) mass is 323 g/mol. The number of nitrogens with zero attached hydrogens (tertiary/aromatic N) is 4. The normalized spacial score (nSPS) is 18.5. The van der Waals surface area contributed by atoms with Gasteiger partial charge in [0.25, 0.3) is 0 Å². The lowest BCUT2D eigenvalue weighted by atomic mass is 10.2. The van der Waals surface area contributed by atoms with Crippen LogP contribution >= 0.6 is 11.3 Å². The Balaban J connectivity index is 1.85. The molecule has 0 saturated carbocycles. The zero-order valence-corrected chi connectivity index (χ0v) is 13.0. The number of thiazole rings is 1. The maximum Gasteiger partial charge on any atom is 0.325 e. The second-order valence-electron chi connectivity index (χ2n) is 5.08. The molecule has 1 atom stereocenters. The van der Waals surface area contributed by atoms with E-state index in [2.05, 4.69) is 20.4 Å². The molecule has 2 N–H and O–H groups in total. The molecule has 0 aliphatic carbocycles. The fourth-order valence-electron chi connectivity index (χ4n) is 2.33. The van der Waals surface area contributed by atoms with Crippen molar-refractivity contribution >= 4 is 17.3 Å². The van der Waals surface area contributed by atoms with Crippen LogP contribution in [0.4, 0.5) is 0 Å². The van der Waals surface area contributed by atoms with Gasteiger partial charge in [-0.3, -0.25) is 4.79 Å². The van der Waals surface area contributed by atoms with Gasteiger partial charge >= 0.3 is 5.97 Å². The Labute approximate surface area is 131 Å². The first-order valence-corrected chi connectivity index (χ1v) is 7.89. The Hall–Kier alpha value is -1.84.